The number of hydrogen-bond acceptors (Lipinski definition) is 1. The van der Waals surface area contributed by atoms with Crippen LogP contribution in [0.4, 0.5) is 0 Å². The van der Waals surface area contributed by atoms with Gasteiger partial charge in [-0.2, -0.15) is 0 Å². The predicted molar refractivity (Wildman–Crippen MR) is 49.6 cm³/mol. The second-order valence-electron chi connectivity index (χ2n) is 4.68. The van der Waals surface area contributed by atoms with E-state index in [9.17, 15) is 4.79 Å². The fourth-order valence-corrected chi connectivity index (χ4v) is 2.87. The molecule has 4 aliphatic carbocycles. The van der Waals surface area contributed by atoms with Crippen LogP contribution in [0.25, 0.3) is 0 Å². The molecule has 4 fully saturated rings. The summed E-state index contributed by atoms with van der Waals surface area (Å²) >= 11 is 0. The normalized spacial score (nSPS) is 46.7. The first-order valence-corrected chi connectivity index (χ1v) is 4.89. The van der Waals surface area contributed by atoms with Gasteiger partial charge in [-0.25, -0.2) is 0 Å². The molecule has 4 saturated carbocycles. The third-order valence-corrected chi connectivity index (χ3v) is 4.14. The molecule has 1 heteroatoms. The number of aryl methyl sites for hydroxylation is 1. The summed E-state index contributed by atoms with van der Waals surface area (Å²) in [5, 5.41) is 0. The minimum absolute atomic E-state index is 0.200. The Morgan fingerprint density at radius 2 is 1.92 bits per heavy atom. The average Bonchev–Trinajstić information content (AvgIpc) is 2.95. The van der Waals surface area contributed by atoms with E-state index in [1.54, 1.807) is 0 Å². The Kier molecular flexibility index (Phi) is 0.721. The fraction of sp³-hybridized carbons (Fsp3) is 0.417. The lowest BCUT2D eigenvalue weighted by atomic mass is 10.1. The van der Waals surface area contributed by atoms with Crippen LogP contribution in [0.1, 0.15) is 11.1 Å². The van der Waals surface area contributed by atoms with Gasteiger partial charge in [-0.1, -0.05) is 18.2 Å². The summed E-state index contributed by atoms with van der Waals surface area (Å²) in [5.74, 6) is 2.99. The maximum absolute atomic E-state index is 11.5. The molecule has 0 saturated heterocycles. The van der Waals surface area contributed by atoms with Crippen molar-refractivity contribution in [3.8, 4) is 0 Å². The van der Waals surface area contributed by atoms with E-state index in [0.717, 1.165) is 23.3 Å². The lowest BCUT2D eigenvalue weighted by Gasteiger charge is -1.88. The van der Waals surface area contributed by atoms with E-state index < -0.39 is 0 Å². The van der Waals surface area contributed by atoms with Crippen LogP contribution < -0.4 is 5.43 Å². The van der Waals surface area contributed by atoms with Crippen molar-refractivity contribution in [1.82, 2.24) is 0 Å². The highest BCUT2D eigenvalue weighted by Crippen LogP contribution is 3.08. The van der Waals surface area contributed by atoms with Gasteiger partial charge < -0.3 is 0 Å². The summed E-state index contributed by atoms with van der Waals surface area (Å²) in [6.45, 7) is 1.88. The van der Waals surface area contributed by atoms with Gasteiger partial charge in [-0.05, 0) is 41.9 Å². The maximum atomic E-state index is 11.5. The van der Waals surface area contributed by atoms with Gasteiger partial charge in [0, 0.05) is 5.41 Å². The summed E-state index contributed by atoms with van der Waals surface area (Å²) < 4.78 is 0. The first-order valence-electron chi connectivity index (χ1n) is 4.89. The minimum atomic E-state index is 0.200. The molecule has 1 aromatic rings. The van der Waals surface area contributed by atoms with Gasteiger partial charge in [-0.3, -0.25) is 4.79 Å². The van der Waals surface area contributed by atoms with Gasteiger partial charge in [0.15, 0.2) is 5.43 Å². The number of hydrogen-bond donors (Lipinski definition) is 0. The third-order valence-electron chi connectivity index (χ3n) is 4.14. The average molecular weight is 170 g/mol. The maximum Gasteiger partial charge on any atom is 0.181 e. The standard InChI is InChI=1S/C12H10O/c1-6-3-2-4-7(5-8(6)13)12-9-10(12)11(9)12/h2-5,9-11H,1H3. The van der Waals surface area contributed by atoms with Crippen molar-refractivity contribution in [3.05, 3.63) is 45.6 Å². The van der Waals surface area contributed by atoms with Crippen LogP contribution in [-0.2, 0) is 5.41 Å². The molecule has 0 atom stereocenters. The van der Waals surface area contributed by atoms with Crippen LogP contribution in [0.5, 0.6) is 0 Å². The highest BCUT2D eigenvalue weighted by molar-refractivity contribution is 5.68. The van der Waals surface area contributed by atoms with E-state index in [0.29, 0.717) is 5.41 Å². The molecule has 0 bridgehead atoms. The topological polar surface area (TPSA) is 17.1 Å². The summed E-state index contributed by atoms with van der Waals surface area (Å²) in [6.07, 6.45) is 0. The van der Waals surface area contributed by atoms with E-state index in [4.69, 9.17) is 0 Å². The van der Waals surface area contributed by atoms with Crippen LogP contribution >= 0.6 is 0 Å². The van der Waals surface area contributed by atoms with Crippen molar-refractivity contribution in [1.29, 1.82) is 0 Å². The Morgan fingerprint density at radius 1 is 1.23 bits per heavy atom. The molecular formula is C12H10O. The Balaban J connectivity index is 1.96. The Hall–Kier alpha value is -1.11. The molecule has 5 rings (SSSR count). The van der Waals surface area contributed by atoms with Crippen molar-refractivity contribution in [3.63, 3.8) is 0 Å². The lowest BCUT2D eigenvalue weighted by molar-refractivity contribution is 1.09. The highest BCUT2D eigenvalue weighted by Gasteiger charge is 3.09. The summed E-state index contributed by atoms with van der Waals surface area (Å²) in [4.78, 5) is 11.5. The Morgan fingerprint density at radius 3 is 2.54 bits per heavy atom. The molecule has 0 amide bonds. The van der Waals surface area contributed by atoms with E-state index in [2.05, 4.69) is 6.07 Å². The van der Waals surface area contributed by atoms with E-state index in [1.807, 2.05) is 25.1 Å². The van der Waals surface area contributed by atoms with Gasteiger partial charge in [0.2, 0.25) is 0 Å². The van der Waals surface area contributed by atoms with Crippen molar-refractivity contribution < 1.29 is 0 Å². The monoisotopic (exact) mass is 170 g/mol. The van der Waals surface area contributed by atoms with Crippen LogP contribution in [0.3, 0.4) is 0 Å². The zero-order chi connectivity index (χ0) is 8.79. The van der Waals surface area contributed by atoms with E-state index >= 15 is 0 Å². The molecule has 4 aliphatic rings. The molecule has 0 aliphatic heterocycles. The smallest absolute Gasteiger partial charge is 0.181 e. The van der Waals surface area contributed by atoms with Crippen LogP contribution in [0, 0.1) is 24.7 Å². The SMILES string of the molecule is Cc1cccc(C23C4C2C43)cc1=O. The largest absolute Gasteiger partial charge is 0.290 e. The molecule has 0 aromatic heterocycles. The van der Waals surface area contributed by atoms with Crippen LogP contribution in [-0.4, -0.2) is 0 Å². The van der Waals surface area contributed by atoms with Crippen LogP contribution in [0.2, 0.25) is 0 Å². The molecule has 0 spiro atoms. The quantitative estimate of drug-likeness (QED) is 0.624. The molecule has 13 heavy (non-hydrogen) atoms. The number of rotatable bonds is 1. The Bertz CT molecular complexity index is 461. The van der Waals surface area contributed by atoms with Gasteiger partial charge in [0.1, 0.15) is 0 Å². The highest BCUT2D eigenvalue weighted by atomic mass is 16.1. The molecule has 0 N–H and O–H groups in total. The van der Waals surface area contributed by atoms with Crippen molar-refractivity contribution >= 4 is 0 Å². The summed E-state index contributed by atoms with van der Waals surface area (Å²) in [7, 11) is 0. The first kappa shape index (κ1) is 6.36. The zero-order valence-corrected chi connectivity index (χ0v) is 7.45. The van der Waals surface area contributed by atoms with Gasteiger partial charge in [-0.15, -0.1) is 0 Å². The van der Waals surface area contributed by atoms with E-state index in [1.165, 1.54) is 5.56 Å². The lowest BCUT2D eigenvalue weighted by Crippen LogP contribution is -2.00. The van der Waals surface area contributed by atoms with Crippen molar-refractivity contribution in [2.24, 2.45) is 17.8 Å². The molecule has 1 aromatic carbocycles. The van der Waals surface area contributed by atoms with Crippen molar-refractivity contribution in [2.45, 2.75) is 12.3 Å². The molecule has 0 heterocycles. The first-order chi connectivity index (χ1) is 6.28. The van der Waals surface area contributed by atoms with Crippen molar-refractivity contribution in [2.75, 3.05) is 0 Å². The fourth-order valence-electron chi connectivity index (χ4n) is 2.87. The molecule has 1 nitrogen and oxygen atoms in total. The van der Waals surface area contributed by atoms with Gasteiger partial charge in [0.25, 0.3) is 0 Å². The molecular weight excluding hydrogens is 160 g/mol. The minimum Gasteiger partial charge on any atom is -0.290 e. The Labute approximate surface area is 76.4 Å². The summed E-state index contributed by atoms with van der Waals surface area (Å²) in [5.41, 5.74) is 2.91. The molecule has 64 valence electrons. The zero-order valence-electron chi connectivity index (χ0n) is 7.45. The van der Waals surface area contributed by atoms with E-state index in [-0.39, 0.29) is 5.43 Å². The molecule has 0 radical (unpaired) electrons. The summed E-state index contributed by atoms with van der Waals surface area (Å²) in [6, 6.07) is 7.93. The second-order valence-corrected chi connectivity index (χ2v) is 4.68. The second kappa shape index (κ2) is 1.47. The predicted octanol–water partition coefficient (Wildman–Crippen LogP) is 1.48. The molecule has 0 unspecified atom stereocenters. The van der Waals surface area contributed by atoms with Gasteiger partial charge in [0.05, 0.1) is 0 Å². The van der Waals surface area contributed by atoms with Crippen LogP contribution in [0.15, 0.2) is 29.1 Å². The van der Waals surface area contributed by atoms with Gasteiger partial charge >= 0.3 is 0 Å². The third kappa shape index (κ3) is 0.515.